The van der Waals surface area contributed by atoms with Crippen LogP contribution in [0.1, 0.15) is 33.4 Å². The number of amides is 1. The third-order valence-electron chi connectivity index (χ3n) is 5.28. The molecule has 34 heavy (non-hydrogen) atoms. The Kier molecular flexibility index (Phi) is 6.98. The molecule has 10 heteroatoms. The van der Waals surface area contributed by atoms with Crippen molar-refractivity contribution in [1.82, 2.24) is 9.55 Å². The van der Waals surface area contributed by atoms with Gasteiger partial charge in [-0.2, -0.15) is 4.98 Å². The van der Waals surface area contributed by atoms with Gasteiger partial charge in [0.15, 0.2) is 0 Å². The standard InChI is InChI=1S/C24H22FN3O6/c1-32-17-9-7-16(8-10-17)23(30)33-14-19-18(25)13-21(34-19)28-12-11-20(27-24(28)31)26-22(29)15-5-3-2-4-6-15/h2-12,18-19,21H,13-14H2,1H3,(H,26,27,29,31)/t18-,19-,21-/m1/s1. The number of carbonyl (C=O) groups is 2. The number of alkyl halides is 1. The Hall–Kier alpha value is -4.05. The first-order valence-corrected chi connectivity index (χ1v) is 10.5. The molecule has 2 aromatic carbocycles. The lowest BCUT2D eigenvalue weighted by Crippen LogP contribution is -2.29. The average molecular weight is 467 g/mol. The van der Waals surface area contributed by atoms with Gasteiger partial charge in [0, 0.05) is 18.2 Å². The summed E-state index contributed by atoms with van der Waals surface area (Å²) in [6, 6.07) is 16.2. The number of benzene rings is 2. The molecule has 0 spiro atoms. The van der Waals surface area contributed by atoms with E-state index in [2.05, 4.69) is 10.3 Å². The summed E-state index contributed by atoms with van der Waals surface area (Å²) in [6.45, 7) is -0.310. The van der Waals surface area contributed by atoms with Crippen LogP contribution >= 0.6 is 0 Å². The van der Waals surface area contributed by atoms with Crippen molar-refractivity contribution in [2.75, 3.05) is 19.0 Å². The fourth-order valence-corrected chi connectivity index (χ4v) is 3.46. The first-order valence-electron chi connectivity index (χ1n) is 10.5. The van der Waals surface area contributed by atoms with Gasteiger partial charge >= 0.3 is 11.7 Å². The van der Waals surface area contributed by atoms with Crippen LogP contribution < -0.4 is 15.7 Å². The van der Waals surface area contributed by atoms with Crippen molar-refractivity contribution in [2.45, 2.75) is 24.9 Å². The van der Waals surface area contributed by atoms with Crippen LogP contribution in [0.4, 0.5) is 10.2 Å². The van der Waals surface area contributed by atoms with E-state index in [1.165, 1.54) is 31.5 Å². The zero-order chi connectivity index (χ0) is 24.1. The normalized spacial score (nSPS) is 19.4. The van der Waals surface area contributed by atoms with Crippen LogP contribution in [0.25, 0.3) is 0 Å². The molecule has 0 aliphatic carbocycles. The van der Waals surface area contributed by atoms with Gasteiger partial charge in [-0.05, 0) is 42.5 Å². The second-order valence-corrected chi connectivity index (χ2v) is 7.53. The van der Waals surface area contributed by atoms with Crippen LogP contribution in [0.3, 0.4) is 0 Å². The molecular formula is C24H22FN3O6. The largest absolute Gasteiger partial charge is 0.497 e. The van der Waals surface area contributed by atoms with Crippen molar-refractivity contribution < 1.29 is 28.2 Å². The molecule has 1 amide bonds. The number of aromatic nitrogens is 2. The molecular weight excluding hydrogens is 445 g/mol. The van der Waals surface area contributed by atoms with E-state index in [0.717, 1.165) is 4.57 Å². The molecule has 1 aromatic heterocycles. The SMILES string of the molecule is COc1ccc(C(=O)OC[C@H]2O[C@@H](n3ccc(NC(=O)c4ccccc4)nc3=O)C[C@H]2F)cc1. The first-order chi connectivity index (χ1) is 16.4. The zero-order valence-electron chi connectivity index (χ0n) is 18.2. The molecule has 9 nitrogen and oxygen atoms in total. The van der Waals surface area contributed by atoms with Crippen LogP contribution in [-0.4, -0.2) is 47.4 Å². The number of nitrogens with zero attached hydrogens (tertiary/aromatic N) is 2. The molecule has 4 rings (SSSR count). The number of hydrogen-bond donors (Lipinski definition) is 1. The predicted octanol–water partition coefficient (Wildman–Crippen LogP) is 2.99. The molecule has 176 valence electrons. The summed E-state index contributed by atoms with van der Waals surface area (Å²) in [5.41, 5.74) is -0.00171. The number of hydrogen-bond acceptors (Lipinski definition) is 7. The number of anilines is 1. The van der Waals surface area contributed by atoms with Crippen LogP contribution in [0, 0.1) is 0 Å². The third-order valence-corrected chi connectivity index (χ3v) is 5.28. The Labute approximate surface area is 194 Å². The van der Waals surface area contributed by atoms with Gasteiger partial charge in [0.05, 0.1) is 12.7 Å². The number of methoxy groups -OCH3 is 1. The Morgan fingerprint density at radius 1 is 1.12 bits per heavy atom. The van der Waals surface area contributed by atoms with E-state index < -0.39 is 36.1 Å². The van der Waals surface area contributed by atoms with Gasteiger partial charge in [-0.25, -0.2) is 14.0 Å². The van der Waals surface area contributed by atoms with Gasteiger partial charge < -0.3 is 19.5 Å². The van der Waals surface area contributed by atoms with Gasteiger partial charge in [-0.1, -0.05) is 18.2 Å². The highest BCUT2D eigenvalue weighted by molar-refractivity contribution is 6.03. The van der Waals surface area contributed by atoms with Gasteiger partial charge in [-0.3, -0.25) is 9.36 Å². The molecule has 3 atom stereocenters. The van der Waals surface area contributed by atoms with Crippen molar-refractivity contribution in [1.29, 1.82) is 0 Å². The van der Waals surface area contributed by atoms with Gasteiger partial charge in [0.2, 0.25) is 0 Å². The number of carbonyl (C=O) groups excluding carboxylic acids is 2. The van der Waals surface area contributed by atoms with E-state index in [-0.39, 0.29) is 18.8 Å². The summed E-state index contributed by atoms with van der Waals surface area (Å²) >= 11 is 0. The van der Waals surface area contributed by atoms with E-state index in [0.29, 0.717) is 16.9 Å². The van der Waals surface area contributed by atoms with Gasteiger partial charge in [-0.15, -0.1) is 0 Å². The Morgan fingerprint density at radius 3 is 2.53 bits per heavy atom. The molecule has 3 aromatic rings. The second kappa shape index (κ2) is 10.3. The molecule has 0 bridgehead atoms. The molecule has 1 aliphatic heterocycles. The van der Waals surface area contributed by atoms with E-state index in [1.54, 1.807) is 42.5 Å². The van der Waals surface area contributed by atoms with Gasteiger partial charge in [0.1, 0.15) is 36.7 Å². The highest BCUT2D eigenvalue weighted by Crippen LogP contribution is 2.30. The minimum absolute atomic E-state index is 0.0647. The highest BCUT2D eigenvalue weighted by Gasteiger charge is 2.38. The molecule has 0 unspecified atom stereocenters. The summed E-state index contributed by atoms with van der Waals surface area (Å²) in [4.78, 5) is 40.7. The van der Waals surface area contributed by atoms with E-state index in [9.17, 15) is 18.8 Å². The van der Waals surface area contributed by atoms with Crippen molar-refractivity contribution in [3.05, 3.63) is 88.5 Å². The van der Waals surface area contributed by atoms with Crippen molar-refractivity contribution in [2.24, 2.45) is 0 Å². The Bertz CT molecular complexity index is 1220. The first kappa shape index (κ1) is 23.1. The molecule has 1 saturated heterocycles. The second-order valence-electron chi connectivity index (χ2n) is 7.53. The number of nitrogens with one attached hydrogen (secondary N) is 1. The maximum absolute atomic E-state index is 14.5. The zero-order valence-corrected chi connectivity index (χ0v) is 18.2. The molecule has 0 radical (unpaired) electrons. The lowest BCUT2D eigenvalue weighted by atomic mass is 10.2. The van der Waals surface area contributed by atoms with Crippen LogP contribution in [0.5, 0.6) is 5.75 Å². The Balaban J connectivity index is 1.35. The number of halogens is 1. The molecule has 1 aliphatic rings. The fourth-order valence-electron chi connectivity index (χ4n) is 3.46. The minimum atomic E-state index is -1.45. The van der Waals surface area contributed by atoms with E-state index >= 15 is 0 Å². The summed E-state index contributed by atoms with van der Waals surface area (Å²) < 4.78 is 31.5. The molecule has 0 saturated carbocycles. The lowest BCUT2D eigenvalue weighted by Gasteiger charge is -2.16. The van der Waals surface area contributed by atoms with Crippen LogP contribution in [0.15, 0.2) is 71.7 Å². The van der Waals surface area contributed by atoms with E-state index in [1.807, 2.05) is 0 Å². The molecule has 1 fully saturated rings. The quantitative estimate of drug-likeness (QED) is 0.532. The maximum Gasteiger partial charge on any atom is 0.351 e. The summed E-state index contributed by atoms with van der Waals surface area (Å²) in [6.07, 6.45) is -2.13. The average Bonchev–Trinajstić information content (AvgIpc) is 3.23. The van der Waals surface area contributed by atoms with Crippen LogP contribution in [0.2, 0.25) is 0 Å². The number of ether oxygens (including phenoxy) is 3. The lowest BCUT2D eigenvalue weighted by molar-refractivity contribution is -0.0439. The molecule has 2 heterocycles. The van der Waals surface area contributed by atoms with Crippen molar-refractivity contribution in [3.8, 4) is 5.75 Å². The van der Waals surface area contributed by atoms with E-state index in [4.69, 9.17) is 14.2 Å². The summed E-state index contributed by atoms with van der Waals surface area (Å²) in [5.74, 6) is -0.383. The highest BCUT2D eigenvalue weighted by atomic mass is 19.1. The Morgan fingerprint density at radius 2 is 1.85 bits per heavy atom. The maximum atomic E-state index is 14.5. The number of rotatable bonds is 7. The van der Waals surface area contributed by atoms with Gasteiger partial charge in [0.25, 0.3) is 5.91 Å². The summed E-state index contributed by atoms with van der Waals surface area (Å²) in [5, 5.41) is 2.55. The smallest absolute Gasteiger partial charge is 0.351 e. The van der Waals surface area contributed by atoms with Crippen LogP contribution in [-0.2, 0) is 9.47 Å². The van der Waals surface area contributed by atoms with Crippen molar-refractivity contribution in [3.63, 3.8) is 0 Å². The third kappa shape index (κ3) is 5.29. The monoisotopic (exact) mass is 467 g/mol. The van der Waals surface area contributed by atoms with Crippen molar-refractivity contribution >= 4 is 17.7 Å². The molecule has 1 N–H and O–H groups in total. The fraction of sp³-hybridized carbons (Fsp3) is 0.250. The predicted molar refractivity (Wildman–Crippen MR) is 120 cm³/mol. The summed E-state index contributed by atoms with van der Waals surface area (Å²) in [7, 11) is 1.51. The number of esters is 1. The minimum Gasteiger partial charge on any atom is -0.497 e. The topological polar surface area (TPSA) is 109 Å².